The molecule has 1 aromatic rings. The molecule has 0 spiro atoms. The normalized spacial score (nSPS) is 15.2. The number of hydrogen-bond acceptors (Lipinski definition) is 2. The third-order valence-corrected chi connectivity index (χ3v) is 2.86. The number of nitrogens with two attached hydrogens (primary N) is 1. The van der Waals surface area contributed by atoms with Crippen molar-refractivity contribution in [2.75, 3.05) is 6.61 Å². The van der Waals surface area contributed by atoms with Crippen LogP contribution in [0.1, 0.15) is 37.9 Å². The Kier molecular flexibility index (Phi) is 6.31. The smallest absolute Gasteiger partial charge is 0.372 e. The van der Waals surface area contributed by atoms with Crippen molar-refractivity contribution in [3.8, 4) is 0 Å². The van der Waals surface area contributed by atoms with E-state index in [1.165, 1.54) is 0 Å². The van der Waals surface area contributed by atoms with Crippen molar-refractivity contribution in [2.45, 2.75) is 44.5 Å². The highest BCUT2D eigenvalue weighted by atomic mass is 19.4. The molecule has 0 aliphatic heterocycles. The van der Waals surface area contributed by atoms with Gasteiger partial charge in [-0.3, -0.25) is 0 Å². The number of ether oxygens (including phenoxy) is 1. The van der Waals surface area contributed by atoms with E-state index in [-0.39, 0.29) is 12.5 Å². The Labute approximate surface area is 111 Å². The second kappa shape index (κ2) is 7.50. The summed E-state index contributed by atoms with van der Waals surface area (Å²) in [6, 6.07) is 8.94. The van der Waals surface area contributed by atoms with Crippen molar-refractivity contribution in [1.82, 2.24) is 0 Å². The highest BCUT2D eigenvalue weighted by Gasteiger charge is 2.27. The fourth-order valence-corrected chi connectivity index (χ4v) is 1.98. The zero-order chi connectivity index (χ0) is 14.3. The van der Waals surface area contributed by atoms with E-state index in [0.29, 0.717) is 13.0 Å². The van der Waals surface area contributed by atoms with E-state index in [0.717, 1.165) is 5.56 Å². The lowest BCUT2D eigenvalue weighted by Crippen LogP contribution is -2.30. The average molecular weight is 275 g/mol. The Balaban J connectivity index is 2.56. The Morgan fingerprint density at radius 3 is 2.37 bits per heavy atom. The molecule has 2 atom stereocenters. The fraction of sp³-hybridized carbons (Fsp3) is 0.571. The van der Waals surface area contributed by atoms with Crippen LogP contribution in [-0.4, -0.2) is 18.8 Å². The first-order valence-electron chi connectivity index (χ1n) is 6.43. The molecular formula is C14H20F3NO. The molecule has 0 aliphatic rings. The van der Waals surface area contributed by atoms with Crippen LogP contribution < -0.4 is 5.73 Å². The summed E-state index contributed by atoms with van der Waals surface area (Å²) in [6.45, 7) is 2.32. The predicted octanol–water partition coefficient (Wildman–Crippen LogP) is 3.82. The Hall–Kier alpha value is -1.07. The Bertz CT molecular complexity index is 353. The summed E-state index contributed by atoms with van der Waals surface area (Å²) in [7, 11) is 0. The Morgan fingerprint density at radius 2 is 1.84 bits per heavy atom. The lowest BCUT2D eigenvalue weighted by molar-refractivity contribution is -0.136. The van der Waals surface area contributed by atoms with Crippen LogP contribution in [0.15, 0.2) is 30.3 Å². The van der Waals surface area contributed by atoms with Crippen molar-refractivity contribution >= 4 is 0 Å². The molecule has 2 nitrogen and oxygen atoms in total. The molecule has 0 radical (unpaired) electrons. The van der Waals surface area contributed by atoms with E-state index in [4.69, 9.17) is 10.5 Å². The summed E-state index contributed by atoms with van der Waals surface area (Å²) in [5, 5.41) is 0. The quantitative estimate of drug-likeness (QED) is 0.821. The second-order valence-corrected chi connectivity index (χ2v) is 4.46. The summed E-state index contributed by atoms with van der Waals surface area (Å²) in [4.78, 5) is 0. The molecule has 0 amide bonds. The van der Waals surface area contributed by atoms with E-state index in [1.807, 2.05) is 37.3 Å². The van der Waals surface area contributed by atoms with Gasteiger partial charge in [0.1, 0.15) is 0 Å². The minimum atomic E-state index is -4.12. The molecule has 1 aromatic carbocycles. The van der Waals surface area contributed by atoms with Crippen LogP contribution in [-0.2, 0) is 4.74 Å². The minimum Gasteiger partial charge on any atom is -0.372 e. The van der Waals surface area contributed by atoms with Crippen LogP contribution in [0.25, 0.3) is 0 Å². The SMILES string of the molecule is CCOC(c1ccccc1)C(N)CCCC(F)(F)F. The fourth-order valence-electron chi connectivity index (χ4n) is 1.98. The molecule has 108 valence electrons. The largest absolute Gasteiger partial charge is 0.389 e. The molecule has 0 bridgehead atoms. The number of rotatable bonds is 7. The zero-order valence-electron chi connectivity index (χ0n) is 11.0. The molecule has 2 N–H and O–H groups in total. The van der Waals surface area contributed by atoms with Crippen LogP contribution in [0.5, 0.6) is 0 Å². The van der Waals surface area contributed by atoms with Crippen molar-refractivity contribution in [2.24, 2.45) is 5.73 Å². The molecule has 5 heteroatoms. The molecule has 0 aromatic heterocycles. The monoisotopic (exact) mass is 275 g/mol. The summed E-state index contributed by atoms with van der Waals surface area (Å²) in [6.07, 6.45) is -4.94. The summed E-state index contributed by atoms with van der Waals surface area (Å²) in [5.74, 6) is 0. The molecule has 0 heterocycles. The van der Waals surface area contributed by atoms with Gasteiger partial charge in [0.15, 0.2) is 0 Å². The first kappa shape index (κ1) is 16.0. The van der Waals surface area contributed by atoms with Gasteiger partial charge >= 0.3 is 6.18 Å². The van der Waals surface area contributed by atoms with Gasteiger partial charge in [0.2, 0.25) is 0 Å². The van der Waals surface area contributed by atoms with Gasteiger partial charge in [-0.05, 0) is 25.3 Å². The van der Waals surface area contributed by atoms with Gasteiger partial charge in [-0.2, -0.15) is 13.2 Å². The van der Waals surface area contributed by atoms with Gasteiger partial charge in [0.05, 0.1) is 6.10 Å². The zero-order valence-corrected chi connectivity index (χ0v) is 11.0. The van der Waals surface area contributed by atoms with E-state index < -0.39 is 18.6 Å². The lowest BCUT2D eigenvalue weighted by Gasteiger charge is -2.24. The number of alkyl halides is 3. The average Bonchev–Trinajstić information content (AvgIpc) is 2.35. The van der Waals surface area contributed by atoms with Gasteiger partial charge in [-0.15, -0.1) is 0 Å². The molecular weight excluding hydrogens is 255 g/mol. The maximum atomic E-state index is 12.1. The highest BCUT2D eigenvalue weighted by Crippen LogP contribution is 2.26. The first-order chi connectivity index (χ1) is 8.94. The number of halogens is 3. The summed E-state index contributed by atoms with van der Waals surface area (Å²) >= 11 is 0. The van der Waals surface area contributed by atoms with E-state index in [9.17, 15) is 13.2 Å². The Morgan fingerprint density at radius 1 is 1.21 bits per heavy atom. The third kappa shape index (κ3) is 6.07. The van der Waals surface area contributed by atoms with E-state index in [2.05, 4.69) is 0 Å². The van der Waals surface area contributed by atoms with E-state index in [1.54, 1.807) is 0 Å². The number of hydrogen-bond donors (Lipinski definition) is 1. The standard InChI is InChI=1S/C14H20F3NO/c1-2-19-13(11-7-4-3-5-8-11)12(18)9-6-10-14(15,16)17/h3-5,7-8,12-13H,2,6,9-10,18H2,1H3. The minimum absolute atomic E-state index is 0.0288. The topological polar surface area (TPSA) is 35.2 Å². The van der Waals surface area contributed by atoms with Gasteiger partial charge < -0.3 is 10.5 Å². The van der Waals surface area contributed by atoms with Crippen molar-refractivity contribution < 1.29 is 17.9 Å². The molecule has 0 aliphatic carbocycles. The molecule has 0 saturated heterocycles. The van der Waals surface area contributed by atoms with Crippen molar-refractivity contribution in [3.05, 3.63) is 35.9 Å². The van der Waals surface area contributed by atoms with Crippen LogP contribution in [0, 0.1) is 0 Å². The van der Waals surface area contributed by atoms with Crippen LogP contribution in [0.4, 0.5) is 13.2 Å². The van der Waals surface area contributed by atoms with Gasteiger partial charge in [0, 0.05) is 19.1 Å². The summed E-state index contributed by atoms with van der Waals surface area (Å²) in [5.41, 5.74) is 6.88. The maximum Gasteiger partial charge on any atom is 0.389 e. The van der Waals surface area contributed by atoms with Gasteiger partial charge in [-0.1, -0.05) is 30.3 Å². The van der Waals surface area contributed by atoms with E-state index >= 15 is 0 Å². The number of benzene rings is 1. The van der Waals surface area contributed by atoms with Crippen LogP contribution >= 0.6 is 0 Å². The molecule has 0 fully saturated rings. The van der Waals surface area contributed by atoms with Gasteiger partial charge in [-0.25, -0.2) is 0 Å². The molecule has 2 unspecified atom stereocenters. The van der Waals surface area contributed by atoms with Gasteiger partial charge in [0.25, 0.3) is 0 Å². The predicted molar refractivity (Wildman–Crippen MR) is 68.7 cm³/mol. The molecule has 0 saturated carbocycles. The second-order valence-electron chi connectivity index (χ2n) is 4.46. The molecule has 1 rings (SSSR count). The van der Waals surface area contributed by atoms with Crippen LogP contribution in [0.3, 0.4) is 0 Å². The lowest BCUT2D eigenvalue weighted by atomic mass is 9.98. The molecule has 19 heavy (non-hydrogen) atoms. The first-order valence-corrected chi connectivity index (χ1v) is 6.43. The van der Waals surface area contributed by atoms with Crippen LogP contribution in [0.2, 0.25) is 0 Å². The van der Waals surface area contributed by atoms with Crippen molar-refractivity contribution in [3.63, 3.8) is 0 Å². The third-order valence-electron chi connectivity index (χ3n) is 2.86. The van der Waals surface area contributed by atoms with Crippen molar-refractivity contribution in [1.29, 1.82) is 0 Å². The highest BCUT2D eigenvalue weighted by molar-refractivity contribution is 5.19. The summed E-state index contributed by atoms with van der Waals surface area (Å²) < 4.78 is 41.9. The maximum absolute atomic E-state index is 12.1.